The number of anilines is 1. The molecule has 0 bridgehead atoms. The smallest absolute Gasteiger partial charge is 0.243 e. The first-order chi connectivity index (χ1) is 12.3. The van der Waals surface area contributed by atoms with E-state index in [1.807, 2.05) is 19.1 Å². The van der Waals surface area contributed by atoms with Crippen molar-refractivity contribution in [1.82, 2.24) is 10.2 Å². The first kappa shape index (κ1) is 20.7. The third-order valence-corrected chi connectivity index (χ3v) is 5.67. The molecule has 1 aliphatic rings. The van der Waals surface area contributed by atoms with Crippen LogP contribution in [0.4, 0.5) is 5.69 Å². The van der Waals surface area contributed by atoms with Gasteiger partial charge in [0.25, 0.3) is 0 Å². The number of benzene rings is 1. The van der Waals surface area contributed by atoms with Crippen LogP contribution >= 0.6 is 0 Å². The monoisotopic (exact) mass is 383 g/mol. The fraction of sp³-hybridized carbons (Fsp3) is 0.611. The third kappa shape index (κ3) is 5.96. The van der Waals surface area contributed by atoms with E-state index in [4.69, 9.17) is 4.74 Å². The van der Waals surface area contributed by atoms with E-state index in [0.717, 1.165) is 51.1 Å². The molecule has 0 aromatic heterocycles. The number of carbonyl (C=O) groups excluding carboxylic acids is 1. The molecule has 1 unspecified atom stereocenters. The van der Waals surface area contributed by atoms with Crippen molar-refractivity contribution in [1.29, 1.82) is 0 Å². The molecule has 7 nitrogen and oxygen atoms in total. The number of morpholine rings is 1. The molecule has 1 atom stereocenters. The highest BCUT2D eigenvalue weighted by Crippen LogP contribution is 2.21. The lowest BCUT2D eigenvalue weighted by molar-refractivity contribution is -0.121. The molecule has 1 aromatic carbocycles. The van der Waals surface area contributed by atoms with E-state index in [-0.39, 0.29) is 5.91 Å². The zero-order valence-electron chi connectivity index (χ0n) is 15.8. The summed E-state index contributed by atoms with van der Waals surface area (Å²) in [5, 5.41) is 2.85. The summed E-state index contributed by atoms with van der Waals surface area (Å²) in [7, 11) is -3.57. The first-order valence-corrected chi connectivity index (χ1v) is 10.8. The van der Waals surface area contributed by atoms with Crippen molar-refractivity contribution in [3.8, 4) is 0 Å². The molecule has 8 heteroatoms. The van der Waals surface area contributed by atoms with Crippen molar-refractivity contribution in [3.05, 3.63) is 29.8 Å². The number of carbonyl (C=O) groups is 1. The van der Waals surface area contributed by atoms with Gasteiger partial charge < -0.3 is 10.1 Å². The minimum atomic E-state index is -3.57. The van der Waals surface area contributed by atoms with Gasteiger partial charge in [0.1, 0.15) is 6.04 Å². The maximum atomic E-state index is 12.5. The Morgan fingerprint density at radius 2 is 1.88 bits per heavy atom. The highest BCUT2D eigenvalue weighted by molar-refractivity contribution is 7.92. The third-order valence-electron chi connectivity index (χ3n) is 4.43. The van der Waals surface area contributed by atoms with Gasteiger partial charge in [0.05, 0.1) is 25.2 Å². The highest BCUT2D eigenvalue weighted by Gasteiger charge is 2.28. The summed E-state index contributed by atoms with van der Waals surface area (Å²) in [6.45, 7) is 8.29. The van der Waals surface area contributed by atoms with Gasteiger partial charge in [0, 0.05) is 19.6 Å². The number of aryl methyl sites for hydroxylation is 1. The van der Waals surface area contributed by atoms with Crippen molar-refractivity contribution < 1.29 is 17.9 Å². The Morgan fingerprint density at radius 3 is 2.46 bits per heavy atom. The Balaban J connectivity index is 1.91. The first-order valence-electron chi connectivity index (χ1n) is 8.93. The number of nitrogens with zero attached hydrogens (tertiary/aromatic N) is 2. The van der Waals surface area contributed by atoms with Crippen LogP contribution < -0.4 is 9.62 Å². The molecule has 146 valence electrons. The van der Waals surface area contributed by atoms with Gasteiger partial charge in [-0.2, -0.15) is 0 Å². The number of nitrogens with one attached hydrogen (secondary N) is 1. The Hall–Kier alpha value is -1.64. The lowest BCUT2D eigenvalue weighted by Crippen LogP contribution is -2.48. The van der Waals surface area contributed by atoms with Crippen LogP contribution in [0.25, 0.3) is 0 Å². The number of amides is 1. The molecule has 0 radical (unpaired) electrons. The maximum absolute atomic E-state index is 12.5. The SMILES string of the molecule is Cc1ccc(N(C(C)C(=O)NCCCN2CCOCC2)S(C)(=O)=O)cc1. The number of ether oxygens (including phenoxy) is 1. The van der Waals surface area contributed by atoms with Crippen LogP contribution in [0, 0.1) is 6.92 Å². The van der Waals surface area contributed by atoms with E-state index in [2.05, 4.69) is 10.2 Å². The minimum absolute atomic E-state index is 0.294. The largest absolute Gasteiger partial charge is 0.379 e. The number of rotatable bonds is 8. The van der Waals surface area contributed by atoms with Gasteiger partial charge in [-0.1, -0.05) is 17.7 Å². The Kier molecular flexibility index (Phi) is 7.43. The number of sulfonamides is 1. The summed E-state index contributed by atoms with van der Waals surface area (Å²) in [4.78, 5) is 14.8. The highest BCUT2D eigenvalue weighted by atomic mass is 32.2. The molecule has 0 aliphatic carbocycles. The second kappa shape index (κ2) is 9.34. The van der Waals surface area contributed by atoms with Crippen LogP contribution in [0.3, 0.4) is 0 Å². The summed E-state index contributed by atoms with van der Waals surface area (Å²) < 4.78 is 30.9. The second-order valence-electron chi connectivity index (χ2n) is 6.67. The molecule has 1 amide bonds. The van der Waals surface area contributed by atoms with Crippen molar-refractivity contribution >= 4 is 21.6 Å². The Morgan fingerprint density at radius 1 is 1.27 bits per heavy atom. The topological polar surface area (TPSA) is 79.0 Å². The Bertz CT molecular complexity index is 685. The zero-order chi connectivity index (χ0) is 19.2. The van der Waals surface area contributed by atoms with Gasteiger partial charge in [-0.15, -0.1) is 0 Å². The van der Waals surface area contributed by atoms with E-state index in [1.165, 1.54) is 4.31 Å². The predicted molar refractivity (Wildman–Crippen MR) is 103 cm³/mol. The van der Waals surface area contributed by atoms with E-state index >= 15 is 0 Å². The average molecular weight is 384 g/mol. The number of hydrogen-bond donors (Lipinski definition) is 1. The van der Waals surface area contributed by atoms with E-state index in [9.17, 15) is 13.2 Å². The minimum Gasteiger partial charge on any atom is -0.379 e. The normalized spacial score (nSPS) is 16.9. The summed E-state index contributed by atoms with van der Waals surface area (Å²) in [5.74, 6) is -0.294. The molecule has 2 rings (SSSR count). The molecule has 1 aliphatic heterocycles. The summed E-state index contributed by atoms with van der Waals surface area (Å²) >= 11 is 0. The fourth-order valence-corrected chi connectivity index (χ4v) is 4.16. The standard InChI is InChI=1S/C18H29N3O4S/c1-15-5-7-17(8-6-15)21(26(3,23)24)16(2)18(22)19-9-4-10-20-11-13-25-14-12-20/h5-8,16H,4,9-14H2,1-3H3,(H,19,22). The van der Waals surface area contributed by atoms with Crippen LogP contribution in [-0.2, 0) is 19.6 Å². The van der Waals surface area contributed by atoms with E-state index in [0.29, 0.717) is 12.2 Å². The molecular formula is C18H29N3O4S. The summed E-state index contributed by atoms with van der Waals surface area (Å²) in [6.07, 6.45) is 1.94. The van der Waals surface area contributed by atoms with Gasteiger partial charge in [-0.25, -0.2) is 8.42 Å². The van der Waals surface area contributed by atoms with Gasteiger partial charge in [-0.05, 0) is 38.9 Å². The molecule has 1 N–H and O–H groups in total. The average Bonchev–Trinajstić information content (AvgIpc) is 2.60. The van der Waals surface area contributed by atoms with Crippen LogP contribution in [0.5, 0.6) is 0 Å². The molecule has 1 heterocycles. The van der Waals surface area contributed by atoms with Gasteiger partial charge >= 0.3 is 0 Å². The molecular weight excluding hydrogens is 354 g/mol. The molecule has 0 saturated carbocycles. The molecule has 1 saturated heterocycles. The van der Waals surface area contributed by atoms with Crippen molar-refractivity contribution in [3.63, 3.8) is 0 Å². The van der Waals surface area contributed by atoms with E-state index in [1.54, 1.807) is 19.1 Å². The maximum Gasteiger partial charge on any atom is 0.243 e. The lowest BCUT2D eigenvalue weighted by atomic mass is 10.2. The molecule has 1 fully saturated rings. The van der Waals surface area contributed by atoms with Crippen molar-refractivity contribution in [2.45, 2.75) is 26.3 Å². The van der Waals surface area contributed by atoms with E-state index < -0.39 is 16.1 Å². The number of hydrogen-bond acceptors (Lipinski definition) is 5. The van der Waals surface area contributed by atoms with Gasteiger partial charge in [-0.3, -0.25) is 14.0 Å². The van der Waals surface area contributed by atoms with Gasteiger partial charge in [0.2, 0.25) is 15.9 Å². The Labute approximate surface area is 156 Å². The predicted octanol–water partition coefficient (Wildman–Crippen LogP) is 0.988. The lowest BCUT2D eigenvalue weighted by Gasteiger charge is -2.29. The van der Waals surface area contributed by atoms with Crippen LogP contribution in [0.15, 0.2) is 24.3 Å². The van der Waals surface area contributed by atoms with Gasteiger partial charge in [0.15, 0.2) is 0 Å². The summed E-state index contributed by atoms with van der Waals surface area (Å²) in [5.41, 5.74) is 1.52. The van der Waals surface area contributed by atoms with Crippen LogP contribution in [0.1, 0.15) is 18.9 Å². The molecule has 26 heavy (non-hydrogen) atoms. The van der Waals surface area contributed by atoms with Crippen LogP contribution in [0.2, 0.25) is 0 Å². The summed E-state index contributed by atoms with van der Waals surface area (Å²) in [6, 6.07) is 6.30. The molecule has 1 aromatic rings. The van der Waals surface area contributed by atoms with Crippen molar-refractivity contribution in [2.24, 2.45) is 0 Å². The van der Waals surface area contributed by atoms with Crippen LogP contribution in [-0.4, -0.2) is 70.9 Å². The molecule has 0 spiro atoms. The fourth-order valence-electron chi connectivity index (χ4n) is 2.99. The quantitative estimate of drug-likeness (QED) is 0.677. The zero-order valence-corrected chi connectivity index (χ0v) is 16.6. The van der Waals surface area contributed by atoms with Crippen molar-refractivity contribution in [2.75, 3.05) is 50.0 Å². The second-order valence-corrected chi connectivity index (χ2v) is 8.53.